The maximum atomic E-state index is 10.8. The van der Waals surface area contributed by atoms with Crippen LogP contribution in [-0.4, -0.2) is 135 Å². The van der Waals surface area contributed by atoms with Crippen LogP contribution in [-0.2, 0) is 18.9 Å². The number of hydrogen-bond acceptors (Lipinski definition) is 14. The molecule has 2 heterocycles. The molecule has 2 saturated heterocycles. The zero-order valence-electron chi connectivity index (χ0n) is 19.2. The van der Waals surface area contributed by atoms with Crippen molar-refractivity contribution >= 4 is 5.96 Å². The normalized spacial score (nSPS) is 49.5. The number of aliphatic hydroxyl groups is 6. The molecule has 1 saturated carbocycles. The Morgan fingerprint density at radius 2 is 1.54 bits per heavy atom. The largest absolute Gasteiger partial charge is 0.391 e. The minimum Gasteiger partial charge on any atom is -0.391 e. The van der Waals surface area contributed by atoms with Gasteiger partial charge in [-0.3, -0.25) is 5.41 Å². The summed E-state index contributed by atoms with van der Waals surface area (Å²) in [7, 11) is 0. The molecule has 16 heteroatoms. The van der Waals surface area contributed by atoms with Crippen molar-refractivity contribution < 1.29 is 49.6 Å². The molecule has 204 valence electrons. The number of hydrogen-bond donors (Lipinski definition) is 12. The quantitative estimate of drug-likeness (QED) is 0.112. The first-order valence-corrected chi connectivity index (χ1v) is 11.4. The lowest BCUT2D eigenvalue weighted by molar-refractivity contribution is -0.315. The van der Waals surface area contributed by atoms with Crippen molar-refractivity contribution in [2.75, 3.05) is 6.54 Å². The van der Waals surface area contributed by atoms with E-state index in [1.165, 1.54) is 6.92 Å². The van der Waals surface area contributed by atoms with Gasteiger partial charge in [0.1, 0.15) is 48.8 Å². The fourth-order valence-corrected chi connectivity index (χ4v) is 4.55. The van der Waals surface area contributed by atoms with Crippen molar-refractivity contribution in [3.05, 3.63) is 0 Å². The number of rotatable bonds is 7. The number of nitrogens with two attached hydrogens (primary N) is 4. The molecule has 3 rings (SSSR count). The summed E-state index contributed by atoms with van der Waals surface area (Å²) in [5, 5.41) is 71.5. The van der Waals surface area contributed by atoms with Gasteiger partial charge in [-0.15, -0.1) is 0 Å². The average molecular weight is 511 g/mol. The Bertz CT molecular complexity index is 724. The maximum absolute atomic E-state index is 10.8. The summed E-state index contributed by atoms with van der Waals surface area (Å²) in [4.78, 5) is 0. The molecule has 15 atom stereocenters. The Morgan fingerprint density at radius 1 is 0.914 bits per heavy atom. The third kappa shape index (κ3) is 6.02. The third-order valence-electron chi connectivity index (χ3n) is 6.62. The summed E-state index contributed by atoms with van der Waals surface area (Å²) in [6.45, 7) is 1.27. The maximum Gasteiger partial charge on any atom is 0.187 e. The highest BCUT2D eigenvalue weighted by molar-refractivity contribution is 5.74. The molecular weight excluding hydrogens is 472 g/mol. The van der Waals surface area contributed by atoms with Gasteiger partial charge >= 0.3 is 0 Å². The van der Waals surface area contributed by atoms with Crippen LogP contribution in [0, 0.1) is 5.41 Å². The SMILES string of the molecule is C[C@@H](O)C1O[C@H](O[C@@H]2C(N)C[C@@H](N)C(O)C2O[C@@H]2O[C@H](CNC(=N)N)C(O)C2O)C(N)C(O)[C@@H]1O. The van der Waals surface area contributed by atoms with Crippen LogP contribution in [0.2, 0.25) is 0 Å². The molecule has 0 aromatic heterocycles. The fourth-order valence-electron chi connectivity index (χ4n) is 4.55. The lowest BCUT2D eigenvalue weighted by atomic mass is 9.84. The lowest BCUT2D eigenvalue weighted by Gasteiger charge is -2.47. The van der Waals surface area contributed by atoms with Gasteiger partial charge in [-0.25, -0.2) is 0 Å². The van der Waals surface area contributed by atoms with Gasteiger partial charge in [0.25, 0.3) is 0 Å². The smallest absolute Gasteiger partial charge is 0.187 e. The van der Waals surface area contributed by atoms with Gasteiger partial charge in [0, 0.05) is 18.6 Å². The monoisotopic (exact) mass is 510 g/mol. The Hall–Kier alpha value is -1.25. The molecule has 3 fully saturated rings. The van der Waals surface area contributed by atoms with Crippen molar-refractivity contribution in [1.29, 1.82) is 5.41 Å². The first kappa shape index (κ1) is 28.3. The predicted molar refractivity (Wildman–Crippen MR) is 117 cm³/mol. The van der Waals surface area contributed by atoms with Gasteiger partial charge in [-0.2, -0.15) is 0 Å². The van der Waals surface area contributed by atoms with E-state index in [1.54, 1.807) is 0 Å². The molecule has 2 aliphatic heterocycles. The number of ether oxygens (including phenoxy) is 4. The van der Waals surface area contributed by atoms with Crippen molar-refractivity contribution in [1.82, 2.24) is 5.32 Å². The summed E-state index contributed by atoms with van der Waals surface area (Å²) in [6, 6.07) is -2.88. The Kier molecular flexibility index (Phi) is 9.25. The molecule has 0 amide bonds. The van der Waals surface area contributed by atoms with Crippen molar-refractivity contribution in [2.24, 2.45) is 22.9 Å². The zero-order valence-corrected chi connectivity index (χ0v) is 19.2. The van der Waals surface area contributed by atoms with Gasteiger partial charge in [0.15, 0.2) is 18.5 Å². The molecule has 16 nitrogen and oxygen atoms in total. The Balaban J connectivity index is 1.76. The topological polar surface area (TPSA) is 298 Å². The van der Waals surface area contributed by atoms with Crippen LogP contribution >= 0.6 is 0 Å². The minimum absolute atomic E-state index is 0.0920. The summed E-state index contributed by atoms with van der Waals surface area (Å²) < 4.78 is 22.9. The van der Waals surface area contributed by atoms with Gasteiger partial charge in [-0.05, 0) is 13.3 Å². The second kappa shape index (κ2) is 11.4. The molecule has 0 bridgehead atoms. The van der Waals surface area contributed by atoms with E-state index < -0.39 is 91.7 Å². The summed E-state index contributed by atoms with van der Waals surface area (Å²) in [5.41, 5.74) is 23.5. The number of aliphatic hydroxyl groups excluding tert-OH is 6. The molecule has 0 aromatic rings. The van der Waals surface area contributed by atoms with E-state index in [4.69, 9.17) is 47.3 Å². The average Bonchev–Trinajstić information content (AvgIpc) is 3.05. The number of guanidine groups is 1. The molecular formula is C19H38N6O10. The first-order chi connectivity index (χ1) is 16.3. The molecule has 3 aliphatic rings. The molecule has 0 radical (unpaired) electrons. The summed E-state index contributed by atoms with van der Waals surface area (Å²) >= 11 is 0. The van der Waals surface area contributed by atoms with E-state index in [0.29, 0.717) is 0 Å². The van der Waals surface area contributed by atoms with Crippen LogP contribution in [0.4, 0.5) is 0 Å². The first-order valence-electron chi connectivity index (χ1n) is 11.4. The summed E-state index contributed by atoms with van der Waals surface area (Å²) in [5.74, 6) is -0.362. The summed E-state index contributed by atoms with van der Waals surface area (Å²) in [6.07, 6.45) is -15.7. The molecule has 35 heavy (non-hydrogen) atoms. The van der Waals surface area contributed by atoms with Crippen LogP contribution in [0.1, 0.15) is 13.3 Å². The lowest BCUT2D eigenvalue weighted by Crippen LogP contribution is -2.68. The second-order valence-electron chi connectivity index (χ2n) is 9.34. The van der Waals surface area contributed by atoms with Gasteiger partial charge < -0.3 is 77.8 Å². The zero-order chi connectivity index (χ0) is 26.2. The van der Waals surface area contributed by atoms with E-state index in [1.807, 2.05) is 0 Å². The van der Waals surface area contributed by atoms with Crippen molar-refractivity contribution in [3.63, 3.8) is 0 Å². The van der Waals surface area contributed by atoms with Crippen molar-refractivity contribution in [2.45, 2.75) is 105 Å². The number of nitrogens with one attached hydrogen (secondary N) is 2. The Labute approximate surface area is 201 Å². The van der Waals surface area contributed by atoms with E-state index in [2.05, 4.69) is 5.32 Å². The minimum atomic E-state index is -1.53. The van der Waals surface area contributed by atoms with Gasteiger partial charge in [-0.1, -0.05) is 0 Å². The molecule has 16 N–H and O–H groups in total. The second-order valence-corrected chi connectivity index (χ2v) is 9.34. The predicted octanol–water partition coefficient (Wildman–Crippen LogP) is -6.74. The van der Waals surface area contributed by atoms with Gasteiger partial charge in [0.05, 0.1) is 18.2 Å². The molecule has 1 aliphatic carbocycles. The van der Waals surface area contributed by atoms with E-state index in [-0.39, 0.29) is 18.9 Å². The van der Waals surface area contributed by atoms with E-state index in [9.17, 15) is 30.6 Å². The van der Waals surface area contributed by atoms with Crippen LogP contribution in [0.5, 0.6) is 0 Å². The highest BCUT2D eigenvalue weighted by Gasteiger charge is 2.52. The fraction of sp³-hybridized carbons (Fsp3) is 0.947. The molecule has 0 spiro atoms. The molecule has 8 unspecified atom stereocenters. The van der Waals surface area contributed by atoms with Crippen LogP contribution in [0.25, 0.3) is 0 Å². The highest BCUT2D eigenvalue weighted by atomic mass is 16.7. The third-order valence-corrected chi connectivity index (χ3v) is 6.62. The van der Waals surface area contributed by atoms with Crippen LogP contribution in [0.15, 0.2) is 0 Å². The van der Waals surface area contributed by atoms with Gasteiger partial charge in [0.2, 0.25) is 0 Å². The van der Waals surface area contributed by atoms with Crippen LogP contribution < -0.4 is 28.3 Å². The van der Waals surface area contributed by atoms with E-state index >= 15 is 0 Å². The van der Waals surface area contributed by atoms with Crippen molar-refractivity contribution in [3.8, 4) is 0 Å². The van der Waals surface area contributed by atoms with E-state index in [0.717, 1.165) is 0 Å². The standard InChI is InChI=1S/C19H38N6O10/c1-4(26)14-12(30)11(29)8(22)17(33-14)34-15-6(21)2-5(20)9(27)16(15)35-18-13(31)10(28)7(32-18)3-25-19(23)24/h4-18,26-31H,2-3,20-22H2,1H3,(H4,23,24,25)/t4-,5-,6?,7-,8?,9?,10?,11?,12+,13?,14?,15-,16?,17-,18+/m1/s1. The van der Waals surface area contributed by atoms with Crippen LogP contribution in [0.3, 0.4) is 0 Å². The highest BCUT2D eigenvalue weighted by Crippen LogP contribution is 2.32. The Morgan fingerprint density at radius 3 is 2.14 bits per heavy atom. The molecule has 0 aromatic carbocycles.